The molecule has 0 aliphatic carbocycles. The molecule has 1 aliphatic rings. The largest absolute Gasteiger partial charge is 0.326 e. The number of hydrogen-bond donors (Lipinski definition) is 2. The van der Waals surface area contributed by atoms with Crippen molar-refractivity contribution in [2.24, 2.45) is 5.92 Å². The minimum absolute atomic E-state index is 0.0103. The minimum atomic E-state index is -2.42. The first kappa shape index (κ1) is 14.3. The van der Waals surface area contributed by atoms with Crippen LogP contribution in [0, 0.1) is 5.92 Å². The number of amides is 1. The molecule has 0 saturated carbocycles. The Morgan fingerprint density at radius 1 is 1.37 bits per heavy atom. The fourth-order valence-electron chi connectivity index (χ4n) is 2.04. The molecule has 0 radical (unpaired) electrons. The molecule has 1 aliphatic heterocycles. The molecule has 0 spiro atoms. The second-order valence-electron chi connectivity index (χ2n) is 4.44. The molecule has 104 valence electrons. The summed E-state index contributed by atoms with van der Waals surface area (Å²) >= 11 is 0.498. The number of alkyl halides is 2. The Morgan fingerprint density at radius 3 is 2.68 bits per heavy atom. The van der Waals surface area contributed by atoms with Crippen LogP contribution >= 0.6 is 11.8 Å². The first-order valence-electron chi connectivity index (χ1n) is 6.21. The second kappa shape index (κ2) is 6.86. The summed E-state index contributed by atoms with van der Waals surface area (Å²) in [7, 11) is 0. The van der Waals surface area contributed by atoms with E-state index in [9.17, 15) is 13.6 Å². The third-order valence-electron chi connectivity index (χ3n) is 3.01. The third kappa shape index (κ3) is 4.47. The average molecular weight is 286 g/mol. The molecule has 2 N–H and O–H groups in total. The lowest BCUT2D eigenvalue weighted by Gasteiger charge is -2.21. The number of hydrogen-bond acceptors (Lipinski definition) is 3. The van der Waals surface area contributed by atoms with E-state index in [-0.39, 0.29) is 11.8 Å². The first-order valence-corrected chi connectivity index (χ1v) is 7.09. The molecule has 1 unspecified atom stereocenters. The van der Waals surface area contributed by atoms with Gasteiger partial charge in [-0.05, 0) is 43.7 Å². The summed E-state index contributed by atoms with van der Waals surface area (Å²) in [6.45, 7) is 1.66. The number of piperidine rings is 1. The van der Waals surface area contributed by atoms with Gasteiger partial charge in [-0.3, -0.25) is 4.79 Å². The Bertz CT molecular complexity index is 419. The van der Waals surface area contributed by atoms with Crippen molar-refractivity contribution in [3.8, 4) is 0 Å². The molecule has 6 heteroatoms. The normalized spacial score (nSPS) is 19.4. The van der Waals surface area contributed by atoms with Crippen molar-refractivity contribution in [3.63, 3.8) is 0 Å². The van der Waals surface area contributed by atoms with Gasteiger partial charge in [0, 0.05) is 17.1 Å². The van der Waals surface area contributed by atoms with Gasteiger partial charge in [-0.15, -0.1) is 0 Å². The van der Waals surface area contributed by atoms with Gasteiger partial charge in [0.25, 0.3) is 5.76 Å². The van der Waals surface area contributed by atoms with E-state index in [1.165, 1.54) is 0 Å². The Morgan fingerprint density at radius 2 is 2.11 bits per heavy atom. The van der Waals surface area contributed by atoms with E-state index in [0.29, 0.717) is 28.9 Å². The molecule has 1 atom stereocenters. The second-order valence-corrected chi connectivity index (χ2v) is 5.50. The van der Waals surface area contributed by atoms with Gasteiger partial charge >= 0.3 is 0 Å². The molecule has 1 aromatic rings. The van der Waals surface area contributed by atoms with Crippen LogP contribution in [-0.2, 0) is 4.79 Å². The first-order chi connectivity index (χ1) is 9.15. The van der Waals surface area contributed by atoms with Crippen molar-refractivity contribution in [2.45, 2.75) is 23.5 Å². The topological polar surface area (TPSA) is 41.1 Å². The van der Waals surface area contributed by atoms with E-state index in [2.05, 4.69) is 10.6 Å². The van der Waals surface area contributed by atoms with Crippen LogP contribution in [0.2, 0.25) is 0 Å². The maximum absolute atomic E-state index is 12.2. The lowest BCUT2D eigenvalue weighted by atomic mass is 9.99. The van der Waals surface area contributed by atoms with Crippen molar-refractivity contribution in [1.29, 1.82) is 0 Å². The number of carbonyl (C=O) groups excluding carboxylic acids is 1. The third-order valence-corrected chi connectivity index (χ3v) is 3.74. The molecule has 2 rings (SSSR count). The van der Waals surface area contributed by atoms with Crippen LogP contribution in [0.5, 0.6) is 0 Å². The highest BCUT2D eigenvalue weighted by atomic mass is 32.2. The van der Waals surface area contributed by atoms with Crippen LogP contribution < -0.4 is 10.6 Å². The van der Waals surface area contributed by atoms with Gasteiger partial charge < -0.3 is 10.6 Å². The van der Waals surface area contributed by atoms with Gasteiger partial charge in [-0.1, -0.05) is 11.8 Å². The number of anilines is 1. The smallest absolute Gasteiger partial charge is 0.288 e. The molecule has 3 nitrogen and oxygen atoms in total. The van der Waals surface area contributed by atoms with Crippen molar-refractivity contribution in [1.82, 2.24) is 5.32 Å². The molecule has 0 bridgehead atoms. The van der Waals surface area contributed by atoms with Crippen molar-refractivity contribution >= 4 is 23.4 Å². The minimum Gasteiger partial charge on any atom is -0.326 e. The molecule has 1 heterocycles. The summed E-state index contributed by atoms with van der Waals surface area (Å²) in [5.41, 5.74) is 0.647. The predicted molar refractivity (Wildman–Crippen MR) is 72.5 cm³/mol. The fourth-order valence-corrected chi connectivity index (χ4v) is 2.54. The number of benzene rings is 1. The predicted octanol–water partition coefficient (Wildman–Crippen LogP) is 2.94. The van der Waals surface area contributed by atoms with Gasteiger partial charge in [-0.25, -0.2) is 0 Å². The van der Waals surface area contributed by atoms with E-state index in [1.807, 2.05) is 0 Å². The molecule has 1 saturated heterocycles. The SMILES string of the molecule is O=C(Nc1ccc(SC(F)F)cc1)C1CCCNC1. The molecule has 1 aromatic carbocycles. The highest BCUT2D eigenvalue weighted by Gasteiger charge is 2.20. The summed E-state index contributed by atoms with van der Waals surface area (Å²) in [6.07, 6.45) is 1.89. The highest BCUT2D eigenvalue weighted by molar-refractivity contribution is 7.99. The maximum atomic E-state index is 12.2. The van der Waals surface area contributed by atoms with Crippen LogP contribution in [-0.4, -0.2) is 24.8 Å². The quantitative estimate of drug-likeness (QED) is 0.836. The number of rotatable bonds is 4. The lowest BCUT2D eigenvalue weighted by molar-refractivity contribution is -0.120. The number of thioether (sulfide) groups is 1. The summed E-state index contributed by atoms with van der Waals surface area (Å²) in [4.78, 5) is 12.4. The summed E-state index contributed by atoms with van der Waals surface area (Å²) in [5.74, 6) is -2.45. The average Bonchev–Trinajstić information content (AvgIpc) is 2.41. The van der Waals surface area contributed by atoms with Gasteiger partial charge in [0.15, 0.2) is 0 Å². The number of carbonyl (C=O) groups is 1. The Labute approximate surface area is 115 Å². The zero-order valence-corrected chi connectivity index (χ0v) is 11.2. The van der Waals surface area contributed by atoms with Crippen molar-refractivity contribution in [2.75, 3.05) is 18.4 Å². The molecular formula is C13H16F2N2OS. The standard InChI is InChI=1S/C13H16F2N2OS/c14-13(15)19-11-5-3-10(4-6-11)17-12(18)9-2-1-7-16-8-9/h3-6,9,13,16H,1-2,7-8H2,(H,17,18). The van der Waals surface area contributed by atoms with Gasteiger partial charge in [0.1, 0.15) is 0 Å². The van der Waals surface area contributed by atoms with Crippen LogP contribution in [0.25, 0.3) is 0 Å². The molecule has 19 heavy (non-hydrogen) atoms. The van der Waals surface area contributed by atoms with Gasteiger partial charge in [0.05, 0.1) is 5.92 Å². The van der Waals surface area contributed by atoms with Crippen LogP contribution in [0.1, 0.15) is 12.8 Å². The Hall–Kier alpha value is -1.14. The van der Waals surface area contributed by atoms with E-state index in [1.54, 1.807) is 24.3 Å². The molecular weight excluding hydrogens is 270 g/mol. The monoisotopic (exact) mass is 286 g/mol. The zero-order valence-electron chi connectivity index (χ0n) is 10.4. The number of nitrogens with one attached hydrogen (secondary N) is 2. The maximum Gasteiger partial charge on any atom is 0.288 e. The van der Waals surface area contributed by atoms with E-state index >= 15 is 0 Å². The van der Waals surface area contributed by atoms with Gasteiger partial charge in [-0.2, -0.15) is 8.78 Å². The lowest BCUT2D eigenvalue weighted by Crippen LogP contribution is -2.37. The number of halogens is 2. The van der Waals surface area contributed by atoms with Crippen LogP contribution in [0.3, 0.4) is 0 Å². The van der Waals surface area contributed by atoms with E-state index in [0.717, 1.165) is 19.4 Å². The summed E-state index contributed by atoms with van der Waals surface area (Å²) < 4.78 is 24.3. The Kier molecular flexibility index (Phi) is 5.15. The van der Waals surface area contributed by atoms with E-state index in [4.69, 9.17) is 0 Å². The van der Waals surface area contributed by atoms with Crippen LogP contribution in [0.4, 0.5) is 14.5 Å². The van der Waals surface area contributed by atoms with Crippen molar-refractivity contribution < 1.29 is 13.6 Å². The Balaban J connectivity index is 1.89. The van der Waals surface area contributed by atoms with E-state index < -0.39 is 5.76 Å². The fraction of sp³-hybridized carbons (Fsp3) is 0.462. The van der Waals surface area contributed by atoms with Crippen molar-refractivity contribution in [3.05, 3.63) is 24.3 Å². The summed E-state index contributed by atoms with van der Waals surface area (Å²) in [5, 5.41) is 6.00. The van der Waals surface area contributed by atoms with Gasteiger partial charge in [0.2, 0.25) is 5.91 Å². The molecule has 1 fully saturated rings. The molecule has 0 aromatic heterocycles. The van der Waals surface area contributed by atoms with Crippen LogP contribution in [0.15, 0.2) is 29.2 Å². The molecule has 1 amide bonds. The summed E-state index contributed by atoms with van der Waals surface area (Å²) in [6, 6.07) is 6.48. The zero-order chi connectivity index (χ0) is 13.7. The highest BCUT2D eigenvalue weighted by Crippen LogP contribution is 2.26.